The second-order valence-corrected chi connectivity index (χ2v) is 6.41. The van der Waals surface area contributed by atoms with Crippen LogP contribution in [0.4, 0.5) is 5.69 Å². The summed E-state index contributed by atoms with van der Waals surface area (Å²) >= 11 is 0. The molecule has 3 rings (SSSR count). The van der Waals surface area contributed by atoms with Crippen molar-refractivity contribution in [2.45, 2.75) is 13.8 Å². The monoisotopic (exact) mass is 394 g/mol. The van der Waals surface area contributed by atoms with Gasteiger partial charge >= 0.3 is 5.97 Å². The van der Waals surface area contributed by atoms with E-state index >= 15 is 0 Å². The van der Waals surface area contributed by atoms with Gasteiger partial charge in [0.25, 0.3) is 5.91 Å². The van der Waals surface area contributed by atoms with E-state index in [1.54, 1.807) is 25.1 Å². The van der Waals surface area contributed by atoms with Gasteiger partial charge in [0.15, 0.2) is 18.1 Å². The van der Waals surface area contributed by atoms with Crippen LogP contribution in [-0.2, 0) is 9.53 Å². The van der Waals surface area contributed by atoms with E-state index in [9.17, 15) is 9.59 Å². The molecule has 0 aliphatic carbocycles. The molecular formula is C22H22N2O5. The van der Waals surface area contributed by atoms with Gasteiger partial charge < -0.3 is 19.5 Å². The van der Waals surface area contributed by atoms with Crippen molar-refractivity contribution >= 4 is 28.5 Å². The lowest BCUT2D eigenvalue weighted by molar-refractivity contribution is -0.119. The molecule has 0 unspecified atom stereocenters. The number of hydrogen-bond donors (Lipinski definition) is 1. The van der Waals surface area contributed by atoms with Gasteiger partial charge in [-0.15, -0.1) is 0 Å². The van der Waals surface area contributed by atoms with Crippen molar-refractivity contribution in [1.82, 2.24) is 4.98 Å². The Kier molecular flexibility index (Phi) is 5.97. The van der Waals surface area contributed by atoms with E-state index < -0.39 is 18.5 Å². The Balaban J connectivity index is 1.69. The van der Waals surface area contributed by atoms with Crippen LogP contribution in [0.15, 0.2) is 42.5 Å². The van der Waals surface area contributed by atoms with Gasteiger partial charge in [0.1, 0.15) is 0 Å². The van der Waals surface area contributed by atoms with Gasteiger partial charge in [-0.1, -0.05) is 18.2 Å². The summed E-state index contributed by atoms with van der Waals surface area (Å²) in [5, 5.41) is 3.54. The van der Waals surface area contributed by atoms with Gasteiger partial charge in [-0.05, 0) is 37.6 Å². The number of esters is 1. The summed E-state index contributed by atoms with van der Waals surface area (Å²) in [5.74, 6) is -0.0159. The number of carbonyl (C=O) groups is 2. The predicted octanol–water partition coefficient (Wildman–Crippen LogP) is 3.66. The number of para-hydroxylation sites is 1. The van der Waals surface area contributed by atoms with Crippen LogP contribution < -0.4 is 14.8 Å². The smallest absolute Gasteiger partial charge is 0.340 e. The van der Waals surface area contributed by atoms with Crippen LogP contribution in [0.2, 0.25) is 0 Å². The average Bonchev–Trinajstić information content (AvgIpc) is 2.72. The molecule has 7 nitrogen and oxygen atoms in total. The molecule has 1 heterocycles. The first-order chi connectivity index (χ1) is 13.9. The van der Waals surface area contributed by atoms with Crippen molar-refractivity contribution in [2.75, 3.05) is 26.1 Å². The van der Waals surface area contributed by atoms with Gasteiger partial charge in [-0.2, -0.15) is 0 Å². The molecule has 0 fully saturated rings. The number of carbonyl (C=O) groups excluding carboxylic acids is 2. The van der Waals surface area contributed by atoms with E-state index in [0.717, 1.165) is 16.5 Å². The van der Waals surface area contributed by atoms with Gasteiger partial charge in [-0.3, -0.25) is 9.78 Å². The number of hydrogen-bond acceptors (Lipinski definition) is 6. The van der Waals surface area contributed by atoms with Crippen LogP contribution in [0.5, 0.6) is 11.5 Å². The van der Waals surface area contributed by atoms with Gasteiger partial charge in [-0.25, -0.2) is 4.79 Å². The summed E-state index contributed by atoms with van der Waals surface area (Å²) in [6, 6.07) is 12.5. The maximum Gasteiger partial charge on any atom is 0.340 e. The maximum atomic E-state index is 12.6. The number of fused-ring (bicyclic) bond motifs is 1. The molecule has 0 bridgehead atoms. The number of anilines is 1. The van der Waals surface area contributed by atoms with E-state index in [0.29, 0.717) is 28.4 Å². The number of amides is 1. The molecule has 0 aliphatic heterocycles. The zero-order valence-electron chi connectivity index (χ0n) is 16.7. The molecule has 0 spiro atoms. The zero-order valence-corrected chi connectivity index (χ0v) is 16.7. The molecule has 1 aromatic heterocycles. The van der Waals surface area contributed by atoms with Crippen molar-refractivity contribution in [1.29, 1.82) is 0 Å². The van der Waals surface area contributed by atoms with Crippen molar-refractivity contribution in [3.05, 3.63) is 59.3 Å². The molecule has 150 valence electrons. The van der Waals surface area contributed by atoms with E-state index in [1.807, 2.05) is 31.2 Å². The van der Waals surface area contributed by atoms with Crippen LogP contribution in [0.1, 0.15) is 21.6 Å². The molecule has 7 heteroatoms. The fourth-order valence-electron chi connectivity index (χ4n) is 3.15. The minimum absolute atomic E-state index is 0.377. The van der Waals surface area contributed by atoms with Crippen LogP contribution in [-0.4, -0.2) is 37.7 Å². The molecule has 1 amide bonds. The largest absolute Gasteiger partial charge is 0.493 e. The quantitative estimate of drug-likeness (QED) is 0.642. The van der Waals surface area contributed by atoms with Crippen LogP contribution in [0.3, 0.4) is 0 Å². The molecule has 2 aromatic carbocycles. The molecule has 3 aromatic rings. The van der Waals surface area contributed by atoms with E-state index in [1.165, 1.54) is 14.2 Å². The summed E-state index contributed by atoms with van der Waals surface area (Å²) in [4.78, 5) is 29.3. The molecular weight excluding hydrogens is 372 g/mol. The Morgan fingerprint density at radius 1 is 1.00 bits per heavy atom. The number of benzene rings is 2. The third kappa shape index (κ3) is 4.29. The number of nitrogens with zero attached hydrogens (tertiary/aromatic N) is 1. The number of pyridine rings is 1. The number of rotatable bonds is 6. The second-order valence-electron chi connectivity index (χ2n) is 6.41. The predicted molar refractivity (Wildman–Crippen MR) is 110 cm³/mol. The Morgan fingerprint density at radius 2 is 1.72 bits per heavy atom. The summed E-state index contributed by atoms with van der Waals surface area (Å²) in [6.45, 7) is 3.18. The molecule has 29 heavy (non-hydrogen) atoms. The summed E-state index contributed by atoms with van der Waals surface area (Å²) < 4.78 is 15.6. The first-order valence-corrected chi connectivity index (χ1v) is 8.99. The van der Waals surface area contributed by atoms with Crippen LogP contribution in [0, 0.1) is 13.8 Å². The number of ether oxygens (including phenoxy) is 3. The highest BCUT2D eigenvalue weighted by molar-refractivity contribution is 6.00. The lowest BCUT2D eigenvalue weighted by Crippen LogP contribution is -2.22. The number of methoxy groups -OCH3 is 2. The Bertz CT molecular complexity index is 1080. The summed E-state index contributed by atoms with van der Waals surface area (Å²) in [6.07, 6.45) is 0. The highest BCUT2D eigenvalue weighted by Crippen LogP contribution is 2.29. The molecule has 0 saturated heterocycles. The SMILES string of the molecule is COc1ccc(NC(=O)COC(=O)c2c(C)nc3ccccc3c2C)cc1OC. The number of aromatic nitrogens is 1. The second kappa shape index (κ2) is 8.60. The first-order valence-electron chi connectivity index (χ1n) is 8.99. The molecule has 0 aliphatic rings. The van der Waals surface area contributed by atoms with Crippen molar-refractivity contribution in [2.24, 2.45) is 0 Å². The van der Waals surface area contributed by atoms with Crippen molar-refractivity contribution in [3.8, 4) is 11.5 Å². The number of nitrogens with one attached hydrogen (secondary N) is 1. The standard InChI is InChI=1S/C22H22N2O5/c1-13-16-7-5-6-8-17(16)23-14(2)21(13)22(26)29-12-20(25)24-15-9-10-18(27-3)19(11-15)28-4/h5-11H,12H2,1-4H3,(H,24,25). The molecule has 0 radical (unpaired) electrons. The molecule has 1 N–H and O–H groups in total. The van der Waals surface area contributed by atoms with Crippen LogP contribution >= 0.6 is 0 Å². The van der Waals surface area contributed by atoms with Crippen molar-refractivity contribution in [3.63, 3.8) is 0 Å². The fourth-order valence-corrected chi connectivity index (χ4v) is 3.15. The normalized spacial score (nSPS) is 10.5. The van der Waals surface area contributed by atoms with Crippen LogP contribution in [0.25, 0.3) is 10.9 Å². The Morgan fingerprint density at radius 3 is 2.45 bits per heavy atom. The highest BCUT2D eigenvalue weighted by atomic mass is 16.5. The molecule has 0 saturated carbocycles. The number of aryl methyl sites for hydroxylation is 2. The third-order valence-electron chi connectivity index (χ3n) is 4.54. The zero-order chi connectivity index (χ0) is 21.0. The minimum Gasteiger partial charge on any atom is -0.493 e. The lowest BCUT2D eigenvalue weighted by atomic mass is 10.0. The Labute approximate surface area is 168 Å². The molecule has 0 atom stereocenters. The summed E-state index contributed by atoms with van der Waals surface area (Å²) in [5.41, 5.74) is 3.03. The van der Waals surface area contributed by atoms with Crippen molar-refractivity contribution < 1.29 is 23.8 Å². The fraction of sp³-hybridized carbons (Fsp3) is 0.227. The van der Waals surface area contributed by atoms with Gasteiger partial charge in [0, 0.05) is 17.1 Å². The topological polar surface area (TPSA) is 86.8 Å². The minimum atomic E-state index is -0.583. The Hall–Kier alpha value is -3.61. The third-order valence-corrected chi connectivity index (χ3v) is 4.54. The van der Waals surface area contributed by atoms with E-state index in [2.05, 4.69) is 10.3 Å². The maximum absolute atomic E-state index is 12.6. The first kappa shape index (κ1) is 20.1. The van der Waals surface area contributed by atoms with Gasteiger partial charge in [0.2, 0.25) is 0 Å². The highest BCUT2D eigenvalue weighted by Gasteiger charge is 2.19. The van der Waals surface area contributed by atoms with Gasteiger partial charge in [0.05, 0.1) is 31.0 Å². The lowest BCUT2D eigenvalue weighted by Gasteiger charge is -2.13. The van der Waals surface area contributed by atoms with E-state index in [-0.39, 0.29) is 0 Å². The van der Waals surface area contributed by atoms with E-state index in [4.69, 9.17) is 14.2 Å². The summed E-state index contributed by atoms with van der Waals surface area (Å²) in [7, 11) is 3.04. The average molecular weight is 394 g/mol.